The summed E-state index contributed by atoms with van der Waals surface area (Å²) in [6.45, 7) is 4.10. The fourth-order valence-electron chi connectivity index (χ4n) is 2.06. The highest BCUT2D eigenvalue weighted by Gasteiger charge is 2.14. The molecule has 0 bridgehead atoms. The van der Waals surface area contributed by atoms with Gasteiger partial charge in [-0.3, -0.25) is 4.68 Å². The average Bonchev–Trinajstić information content (AvgIpc) is 2.94. The van der Waals surface area contributed by atoms with Crippen molar-refractivity contribution in [3.05, 3.63) is 17.5 Å². The van der Waals surface area contributed by atoms with Gasteiger partial charge in [-0.25, -0.2) is 4.99 Å². The summed E-state index contributed by atoms with van der Waals surface area (Å²) in [4.78, 5) is 4.30. The molecular weight excluding hydrogens is 230 g/mol. The van der Waals surface area contributed by atoms with Gasteiger partial charge in [-0.05, 0) is 25.8 Å². The number of aliphatic imine (C=N–C) groups is 1. The molecule has 1 saturated heterocycles. The molecule has 0 amide bonds. The summed E-state index contributed by atoms with van der Waals surface area (Å²) in [6, 6.07) is 2.01. The Kier molecular flexibility index (Phi) is 4.19. The predicted molar refractivity (Wildman–Crippen MR) is 70.2 cm³/mol. The first-order valence-corrected chi connectivity index (χ1v) is 6.30. The number of aromatic nitrogens is 2. The Bertz CT molecular complexity index is 420. The molecule has 6 nitrogen and oxygen atoms in total. The van der Waals surface area contributed by atoms with E-state index in [2.05, 4.69) is 15.4 Å². The van der Waals surface area contributed by atoms with Gasteiger partial charge in [0.05, 0.1) is 24.0 Å². The van der Waals surface area contributed by atoms with Crippen LogP contribution in [0.15, 0.2) is 11.1 Å². The summed E-state index contributed by atoms with van der Waals surface area (Å²) >= 11 is 0. The van der Waals surface area contributed by atoms with Crippen molar-refractivity contribution >= 4 is 5.96 Å². The fourth-order valence-corrected chi connectivity index (χ4v) is 2.06. The Morgan fingerprint density at radius 2 is 2.56 bits per heavy atom. The molecule has 1 fully saturated rings. The second-order valence-corrected chi connectivity index (χ2v) is 4.62. The number of rotatable bonds is 4. The molecule has 2 heterocycles. The second-order valence-electron chi connectivity index (χ2n) is 4.62. The van der Waals surface area contributed by atoms with Crippen molar-refractivity contribution in [2.24, 2.45) is 17.8 Å². The van der Waals surface area contributed by atoms with E-state index in [0.717, 1.165) is 37.4 Å². The van der Waals surface area contributed by atoms with E-state index >= 15 is 0 Å². The SMILES string of the molecule is Cc1cc(CN=C(N)NCC2CCCO2)n(C)n1. The van der Waals surface area contributed by atoms with Gasteiger partial charge in [0, 0.05) is 20.2 Å². The molecule has 0 saturated carbocycles. The molecule has 0 spiro atoms. The lowest BCUT2D eigenvalue weighted by Crippen LogP contribution is -2.37. The van der Waals surface area contributed by atoms with E-state index in [9.17, 15) is 0 Å². The van der Waals surface area contributed by atoms with Crippen LogP contribution in [0.2, 0.25) is 0 Å². The molecule has 100 valence electrons. The third-order valence-corrected chi connectivity index (χ3v) is 3.05. The molecule has 3 N–H and O–H groups in total. The molecule has 1 unspecified atom stereocenters. The van der Waals surface area contributed by atoms with Crippen molar-refractivity contribution in [1.82, 2.24) is 15.1 Å². The zero-order valence-electron chi connectivity index (χ0n) is 11.0. The van der Waals surface area contributed by atoms with E-state index in [4.69, 9.17) is 10.5 Å². The van der Waals surface area contributed by atoms with E-state index in [1.807, 2.05) is 24.7 Å². The number of nitrogens with one attached hydrogen (secondary N) is 1. The summed E-state index contributed by atoms with van der Waals surface area (Å²) in [5, 5.41) is 7.36. The number of aryl methyl sites for hydroxylation is 2. The van der Waals surface area contributed by atoms with Gasteiger partial charge in [0.1, 0.15) is 0 Å². The number of nitrogens with zero attached hydrogens (tertiary/aromatic N) is 3. The number of ether oxygens (including phenoxy) is 1. The number of nitrogens with two attached hydrogens (primary N) is 1. The highest BCUT2D eigenvalue weighted by molar-refractivity contribution is 5.77. The lowest BCUT2D eigenvalue weighted by atomic mass is 10.2. The monoisotopic (exact) mass is 251 g/mol. The van der Waals surface area contributed by atoms with E-state index in [1.165, 1.54) is 0 Å². The van der Waals surface area contributed by atoms with Crippen molar-refractivity contribution in [2.75, 3.05) is 13.2 Å². The highest BCUT2D eigenvalue weighted by Crippen LogP contribution is 2.10. The third-order valence-electron chi connectivity index (χ3n) is 3.05. The number of hydrogen-bond acceptors (Lipinski definition) is 3. The van der Waals surface area contributed by atoms with E-state index < -0.39 is 0 Å². The maximum atomic E-state index is 5.81. The van der Waals surface area contributed by atoms with Gasteiger partial charge in [0.15, 0.2) is 5.96 Å². The van der Waals surface area contributed by atoms with Crippen molar-refractivity contribution in [3.63, 3.8) is 0 Å². The zero-order valence-corrected chi connectivity index (χ0v) is 11.0. The van der Waals surface area contributed by atoms with Gasteiger partial charge in [0.2, 0.25) is 0 Å². The van der Waals surface area contributed by atoms with Crippen LogP contribution in [0.1, 0.15) is 24.2 Å². The normalized spacial score (nSPS) is 20.3. The first kappa shape index (κ1) is 12.9. The quantitative estimate of drug-likeness (QED) is 0.596. The smallest absolute Gasteiger partial charge is 0.189 e. The molecule has 1 aromatic heterocycles. The predicted octanol–water partition coefficient (Wildman–Crippen LogP) is 0.312. The Morgan fingerprint density at radius 3 is 3.17 bits per heavy atom. The molecule has 2 rings (SSSR count). The fraction of sp³-hybridized carbons (Fsp3) is 0.667. The lowest BCUT2D eigenvalue weighted by molar-refractivity contribution is 0.114. The second kappa shape index (κ2) is 5.86. The highest BCUT2D eigenvalue weighted by atomic mass is 16.5. The molecule has 0 aromatic carbocycles. The zero-order chi connectivity index (χ0) is 13.0. The van der Waals surface area contributed by atoms with E-state index in [0.29, 0.717) is 12.5 Å². The summed E-state index contributed by atoms with van der Waals surface area (Å²) in [5.41, 5.74) is 7.85. The van der Waals surface area contributed by atoms with Crippen molar-refractivity contribution < 1.29 is 4.74 Å². The van der Waals surface area contributed by atoms with Gasteiger partial charge in [-0.1, -0.05) is 0 Å². The lowest BCUT2D eigenvalue weighted by Gasteiger charge is -2.10. The Balaban J connectivity index is 1.79. The van der Waals surface area contributed by atoms with Crippen LogP contribution in [0.3, 0.4) is 0 Å². The topological polar surface area (TPSA) is 77.5 Å². The van der Waals surface area contributed by atoms with Crippen LogP contribution >= 0.6 is 0 Å². The van der Waals surface area contributed by atoms with Crippen molar-refractivity contribution in [1.29, 1.82) is 0 Å². The molecule has 0 aliphatic carbocycles. The van der Waals surface area contributed by atoms with Gasteiger partial charge < -0.3 is 15.8 Å². The molecule has 1 aliphatic heterocycles. The standard InChI is InChI=1S/C12H21N5O/c1-9-6-10(17(2)16-9)7-14-12(13)15-8-11-4-3-5-18-11/h6,11H,3-5,7-8H2,1-2H3,(H3,13,14,15). The Labute approximate surface area is 107 Å². The van der Waals surface area contributed by atoms with Crippen LogP contribution in [0.25, 0.3) is 0 Å². The summed E-state index contributed by atoms with van der Waals surface area (Å²) < 4.78 is 7.33. The average molecular weight is 251 g/mol. The number of hydrogen-bond donors (Lipinski definition) is 2. The minimum absolute atomic E-state index is 0.276. The molecule has 1 aromatic rings. The first-order chi connectivity index (χ1) is 8.65. The largest absolute Gasteiger partial charge is 0.376 e. The van der Waals surface area contributed by atoms with Crippen LogP contribution < -0.4 is 11.1 Å². The summed E-state index contributed by atoms with van der Waals surface area (Å²) in [6.07, 6.45) is 2.51. The van der Waals surface area contributed by atoms with Gasteiger partial charge in [0.25, 0.3) is 0 Å². The maximum absolute atomic E-state index is 5.81. The molecular formula is C12H21N5O. The first-order valence-electron chi connectivity index (χ1n) is 6.30. The Morgan fingerprint density at radius 1 is 1.72 bits per heavy atom. The molecule has 1 aliphatic rings. The third kappa shape index (κ3) is 3.46. The van der Waals surface area contributed by atoms with Crippen molar-refractivity contribution in [3.8, 4) is 0 Å². The summed E-state index contributed by atoms with van der Waals surface area (Å²) in [7, 11) is 1.91. The Hall–Kier alpha value is -1.56. The molecule has 18 heavy (non-hydrogen) atoms. The van der Waals surface area contributed by atoms with E-state index in [-0.39, 0.29) is 6.10 Å². The molecule has 1 atom stereocenters. The van der Waals surface area contributed by atoms with Gasteiger partial charge in [-0.15, -0.1) is 0 Å². The van der Waals surface area contributed by atoms with Crippen LogP contribution in [0.4, 0.5) is 0 Å². The van der Waals surface area contributed by atoms with Crippen molar-refractivity contribution in [2.45, 2.75) is 32.4 Å². The molecule has 6 heteroatoms. The van der Waals surface area contributed by atoms with Gasteiger partial charge >= 0.3 is 0 Å². The van der Waals surface area contributed by atoms with E-state index in [1.54, 1.807) is 0 Å². The van der Waals surface area contributed by atoms with Crippen LogP contribution in [0.5, 0.6) is 0 Å². The van der Waals surface area contributed by atoms with Gasteiger partial charge in [-0.2, -0.15) is 5.10 Å². The van der Waals surface area contributed by atoms with Crippen LogP contribution in [-0.2, 0) is 18.3 Å². The number of guanidine groups is 1. The van der Waals surface area contributed by atoms with Crippen LogP contribution in [0, 0.1) is 6.92 Å². The summed E-state index contributed by atoms with van der Waals surface area (Å²) in [5.74, 6) is 0.462. The minimum atomic E-state index is 0.276. The maximum Gasteiger partial charge on any atom is 0.189 e. The van der Waals surface area contributed by atoms with Crippen LogP contribution in [-0.4, -0.2) is 35.0 Å². The molecule has 0 radical (unpaired) electrons. The minimum Gasteiger partial charge on any atom is -0.376 e.